The highest BCUT2D eigenvalue weighted by atomic mass is 16.5. The summed E-state index contributed by atoms with van der Waals surface area (Å²) in [5.41, 5.74) is 1.21. The second-order valence-electron chi connectivity index (χ2n) is 7.13. The first-order valence-corrected chi connectivity index (χ1v) is 7.40. The maximum absolute atomic E-state index is 6.17. The van der Waals surface area contributed by atoms with E-state index in [4.69, 9.17) is 9.15 Å². The first-order valence-electron chi connectivity index (χ1n) is 7.40. The van der Waals surface area contributed by atoms with Crippen LogP contribution in [0.15, 0.2) is 16.7 Å². The van der Waals surface area contributed by atoms with Crippen molar-refractivity contribution < 1.29 is 9.15 Å². The van der Waals surface area contributed by atoms with Gasteiger partial charge in [-0.25, -0.2) is 0 Å². The smallest absolute Gasteiger partial charge is 0.108 e. The van der Waals surface area contributed by atoms with Crippen molar-refractivity contribution >= 4 is 0 Å². The Morgan fingerprint density at radius 2 is 2.05 bits per heavy atom. The van der Waals surface area contributed by atoms with Gasteiger partial charge >= 0.3 is 0 Å². The molecule has 1 N–H and O–H groups in total. The van der Waals surface area contributed by atoms with Gasteiger partial charge in [-0.1, -0.05) is 0 Å². The van der Waals surface area contributed by atoms with Gasteiger partial charge in [0.1, 0.15) is 5.76 Å². The zero-order valence-electron chi connectivity index (χ0n) is 12.5. The first-order chi connectivity index (χ1) is 8.87. The third-order valence-corrected chi connectivity index (χ3v) is 4.53. The molecule has 0 radical (unpaired) electrons. The number of ether oxygens (including phenoxy) is 1. The summed E-state index contributed by atoms with van der Waals surface area (Å²) in [7, 11) is 0. The summed E-state index contributed by atoms with van der Waals surface area (Å²) in [5, 5.41) is 3.82. The van der Waals surface area contributed by atoms with E-state index in [1.165, 1.54) is 24.2 Å². The normalized spacial score (nSPS) is 32.2. The van der Waals surface area contributed by atoms with Gasteiger partial charge in [-0.2, -0.15) is 0 Å². The Hall–Kier alpha value is -0.800. The lowest BCUT2D eigenvalue weighted by Crippen LogP contribution is -2.45. The lowest BCUT2D eigenvalue weighted by Gasteiger charge is -2.32. The number of hydrogen-bond acceptors (Lipinski definition) is 3. The van der Waals surface area contributed by atoms with E-state index in [2.05, 4.69) is 39.1 Å². The highest BCUT2D eigenvalue weighted by molar-refractivity contribution is 5.24. The molecule has 1 fully saturated rings. The fourth-order valence-electron chi connectivity index (χ4n) is 3.72. The molecule has 1 aromatic rings. The van der Waals surface area contributed by atoms with Crippen molar-refractivity contribution in [2.24, 2.45) is 0 Å². The Morgan fingerprint density at radius 1 is 1.26 bits per heavy atom. The molecule has 2 aliphatic rings. The fraction of sp³-hybridized carbons (Fsp3) is 0.750. The van der Waals surface area contributed by atoms with Gasteiger partial charge in [0.15, 0.2) is 0 Å². The van der Waals surface area contributed by atoms with Gasteiger partial charge in [-0.15, -0.1) is 0 Å². The molecule has 0 spiro atoms. The van der Waals surface area contributed by atoms with Crippen LogP contribution in [0.4, 0.5) is 0 Å². The van der Waals surface area contributed by atoms with Crippen molar-refractivity contribution in [2.45, 2.75) is 76.7 Å². The van der Waals surface area contributed by atoms with Gasteiger partial charge in [0.25, 0.3) is 0 Å². The van der Waals surface area contributed by atoms with Crippen molar-refractivity contribution in [1.29, 1.82) is 0 Å². The summed E-state index contributed by atoms with van der Waals surface area (Å²) in [6, 6.07) is 2.94. The van der Waals surface area contributed by atoms with Crippen LogP contribution in [0.5, 0.6) is 0 Å². The quantitative estimate of drug-likeness (QED) is 0.885. The van der Waals surface area contributed by atoms with Crippen molar-refractivity contribution in [1.82, 2.24) is 5.32 Å². The number of rotatable bonds is 2. The van der Waals surface area contributed by atoms with Crippen LogP contribution in [0.3, 0.4) is 0 Å². The standard InChI is InChI=1S/C16H25NO2/c1-15(2)10-14(16(3,4)19-15)17-12-6-5-7-13-11(12)8-9-18-13/h8-9,12,14,17H,5-7,10H2,1-4H3. The van der Waals surface area contributed by atoms with Crippen LogP contribution in [0.25, 0.3) is 0 Å². The third kappa shape index (κ3) is 2.46. The van der Waals surface area contributed by atoms with E-state index in [1.54, 1.807) is 0 Å². The van der Waals surface area contributed by atoms with Crippen molar-refractivity contribution in [3.8, 4) is 0 Å². The predicted octanol–water partition coefficient (Wildman–Crippen LogP) is 3.59. The lowest BCUT2D eigenvalue weighted by atomic mass is 9.89. The van der Waals surface area contributed by atoms with Gasteiger partial charge < -0.3 is 14.5 Å². The molecule has 3 nitrogen and oxygen atoms in total. The molecular weight excluding hydrogens is 238 g/mol. The van der Waals surface area contributed by atoms with Crippen LogP contribution in [0.2, 0.25) is 0 Å². The molecule has 1 aliphatic heterocycles. The van der Waals surface area contributed by atoms with Crippen LogP contribution >= 0.6 is 0 Å². The molecule has 19 heavy (non-hydrogen) atoms. The lowest BCUT2D eigenvalue weighted by molar-refractivity contribution is -0.0706. The molecule has 0 aromatic carbocycles. The average molecular weight is 263 g/mol. The molecule has 0 amide bonds. The third-order valence-electron chi connectivity index (χ3n) is 4.53. The van der Waals surface area contributed by atoms with Gasteiger partial charge in [0.05, 0.1) is 17.5 Å². The fourth-order valence-corrected chi connectivity index (χ4v) is 3.72. The van der Waals surface area contributed by atoms with Crippen LogP contribution in [-0.4, -0.2) is 17.2 Å². The highest BCUT2D eigenvalue weighted by Crippen LogP contribution is 2.40. The van der Waals surface area contributed by atoms with Gasteiger partial charge in [0.2, 0.25) is 0 Å². The summed E-state index contributed by atoms with van der Waals surface area (Å²) in [6.45, 7) is 8.75. The maximum atomic E-state index is 6.17. The molecule has 3 rings (SSSR count). The van der Waals surface area contributed by atoms with E-state index >= 15 is 0 Å². The van der Waals surface area contributed by atoms with Crippen LogP contribution in [0, 0.1) is 0 Å². The molecule has 3 heteroatoms. The van der Waals surface area contributed by atoms with E-state index in [0.29, 0.717) is 12.1 Å². The van der Waals surface area contributed by atoms with Crippen LogP contribution < -0.4 is 5.32 Å². The minimum atomic E-state index is -0.106. The van der Waals surface area contributed by atoms with Gasteiger partial charge in [-0.05, 0) is 53.0 Å². The number of furan rings is 1. The Balaban J connectivity index is 1.77. The molecule has 2 atom stereocenters. The van der Waals surface area contributed by atoms with Crippen LogP contribution in [0.1, 0.15) is 64.3 Å². The molecular formula is C16H25NO2. The first kappa shape index (κ1) is 13.2. The second-order valence-corrected chi connectivity index (χ2v) is 7.13. The summed E-state index contributed by atoms with van der Waals surface area (Å²) in [6.07, 6.45) is 6.36. The summed E-state index contributed by atoms with van der Waals surface area (Å²) < 4.78 is 11.7. The molecule has 1 aliphatic carbocycles. The van der Waals surface area contributed by atoms with E-state index in [-0.39, 0.29) is 11.2 Å². The van der Waals surface area contributed by atoms with Crippen molar-refractivity contribution in [3.05, 3.63) is 23.7 Å². The topological polar surface area (TPSA) is 34.4 Å². The van der Waals surface area contributed by atoms with Crippen LogP contribution in [-0.2, 0) is 11.2 Å². The Kier molecular flexibility index (Phi) is 3.02. The average Bonchev–Trinajstić information content (AvgIpc) is 2.81. The number of hydrogen-bond donors (Lipinski definition) is 1. The van der Waals surface area contributed by atoms with Gasteiger partial charge in [0, 0.05) is 24.1 Å². The Bertz CT molecular complexity index is 461. The maximum Gasteiger partial charge on any atom is 0.108 e. The number of nitrogens with one attached hydrogen (secondary N) is 1. The monoisotopic (exact) mass is 263 g/mol. The Labute approximate surface area is 115 Å². The van der Waals surface area contributed by atoms with E-state index in [1.807, 2.05) is 6.26 Å². The number of fused-ring (bicyclic) bond motifs is 1. The molecule has 1 saturated heterocycles. The molecule has 2 heterocycles. The van der Waals surface area contributed by atoms with Crippen molar-refractivity contribution in [2.75, 3.05) is 0 Å². The van der Waals surface area contributed by atoms with Gasteiger partial charge in [-0.3, -0.25) is 0 Å². The SMILES string of the molecule is CC1(C)CC(NC2CCCc3occc32)C(C)(C)O1. The Morgan fingerprint density at radius 3 is 2.74 bits per heavy atom. The molecule has 106 valence electrons. The molecule has 0 saturated carbocycles. The molecule has 1 aromatic heterocycles. The van der Waals surface area contributed by atoms with E-state index < -0.39 is 0 Å². The molecule has 0 bridgehead atoms. The summed E-state index contributed by atoms with van der Waals surface area (Å²) in [5.74, 6) is 1.17. The predicted molar refractivity (Wildman–Crippen MR) is 75.2 cm³/mol. The molecule has 2 unspecified atom stereocenters. The second kappa shape index (κ2) is 4.35. The van der Waals surface area contributed by atoms with Crippen molar-refractivity contribution in [3.63, 3.8) is 0 Å². The summed E-state index contributed by atoms with van der Waals surface area (Å²) in [4.78, 5) is 0. The largest absolute Gasteiger partial charge is 0.469 e. The minimum Gasteiger partial charge on any atom is -0.469 e. The summed E-state index contributed by atoms with van der Waals surface area (Å²) >= 11 is 0. The minimum absolute atomic E-state index is 0.0327. The van der Waals surface area contributed by atoms with E-state index in [0.717, 1.165) is 12.8 Å². The number of aryl methyl sites for hydroxylation is 1. The zero-order chi connectivity index (χ0) is 13.7. The zero-order valence-corrected chi connectivity index (χ0v) is 12.5. The highest BCUT2D eigenvalue weighted by Gasteiger charge is 2.46. The van der Waals surface area contributed by atoms with E-state index in [9.17, 15) is 0 Å².